The fourth-order valence-corrected chi connectivity index (χ4v) is 3.87. The highest BCUT2D eigenvalue weighted by atomic mass is 16.2. The Balaban J connectivity index is 1.32. The van der Waals surface area contributed by atoms with Gasteiger partial charge < -0.3 is 5.73 Å². The van der Waals surface area contributed by atoms with Crippen molar-refractivity contribution in [3.63, 3.8) is 0 Å². The maximum atomic E-state index is 12.5. The molecule has 5 nitrogen and oxygen atoms in total. The van der Waals surface area contributed by atoms with Gasteiger partial charge in [0.1, 0.15) is 0 Å². The van der Waals surface area contributed by atoms with Gasteiger partial charge in [0.15, 0.2) is 0 Å². The lowest BCUT2D eigenvalue weighted by atomic mass is 9.96. The Hall–Kier alpha value is -2.66. The zero-order valence-electron chi connectivity index (χ0n) is 14.7. The molecular weight excluding hydrogens is 326 g/mol. The summed E-state index contributed by atoms with van der Waals surface area (Å²) < 4.78 is 0. The van der Waals surface area contributed by atoms with E-state index in [1.807, 2.05) is 24.3 Å². The fourth-order valence-electron chi connectivity index (χ4n) is 3.87. The van der Waals surface area contributed by atoms with E-state index >= 15 is 0 Å². The lowest BCUT2D eigenvalue weighted by Crippen LogP contribution is -2.40. The van der Waals surface area contributed by atoms with E-state index in [1.165, 1.54) is 10.5 Å². The first kappa shape index (κ1) is 16.8. The highest BCUT2D eigenvalue weighted by molar-refractivity contribution is 6.21. The number of likely N-dealkylation sites (tertiary alicyclic amines) is 1. The molecule has 2 N–H and O–H groups in total. The third kappa shape index (κ3) is 3.22. The van der Waals surface area contributed by atoms with Gasteiger partial charge in [-0.05, 0) is 61.7 Å². The third-order valence-electron chi connectivity index (χ3n) is 5.41. The molecule has 2 amide bonds. The van der Waals surface area contributed by atoms with Gasteiger partial charge in [0.2, 0.25) is 0 Å². The van der Waals surface area contributed by atoms with Crippen LogP contribution in [0.4, 0.5) is 5.69 Å². The lowest BCUT2D eigenvalue weighted by Gasteiger charge is -2.33. The fraction of sp³-hybridized carbons (Fsp3) is 0.333. The Morgan fingerprint density at radius 1 is 0.885 bits per heavy atom. The van der Waals surface area contributed by atoms with E-state index in [9.17, 15) is 9.59 Å². The summed E-state index contributed by atoms with van der Waals surface area (Å²) in [5, 5.41) is 0. The van der Waals surface area contributed by atoms with Crippen LogP contribution < -0.4 is 5.73 Å². The smallest absolute Gasteiger partial charge is 0.261 e. The van der Waals surface area contributed by atoms with Crippen molar-refractivity contribution < 1.29 is 9.59 Å². The van der Waals surface area contributed by atoms with Gasteiger partial charge in [0, 0.05) is 18.8 Å². The summed E-state index contributed by atoms with van der Waals surface area (Å²) in [6, 6.07) is 15.1. The number of amides is 2. The standard InChI is InChI=1S/C21H23N3O2/c22-17-7-5-15(6-8-17)13-23-11-9-16(10-12-23)14-24-20(25)18-3-1-2-4-19(18)21(24)26/h1-8,16H,9-14,22H2. The Bertz CT molecular complexity index is 788. The highest BCUT2D eigenvalue weighted by Gasteiger charge is 2.36. The van der Waals surface area contributed by atoms with E-state index in [4.69, 9.17) is 5.73 Å². The van der Waals surface area contributed by atoms with Gasteiger partial charge >= 0.3 is 0 Å². The van der Waals surface area contributed by atoms with Gasteiger partial charge in [-0.15, -0.1) is 0 Å². The largest absolute Gasteiger partial charge is 0.399 e. The SMILES string of the molecule is Nc1ccc(CN2CCC(CN3C(=O)c4ccccc4C3=O)CC2)cc1. The van der Waals surface area contributed by atoms with Gasteiger partial charge in [-0.2, -0.15) is 0 Å². The number of nitrogens with two attached hydrogens (primary N) is 1. The normalized spacial score (nSPS) is 18.4. The van der Waals surface area contributed by atoms with Crippen molar-refractivity contribution in [2.75, 3.05) is 25.4 Å². The minimum absolute atomic E-state index is 0.144. The van der Waals surface area contributed by atoms with Crippen LogP contribution in [0.2, 0.25) is 0 Å². The van der Waals surface area contributed by atoms with E-state index in [0.717, 1.165) is 38.2 Å². The van der Waals surface area contributed by atoms with Gasteiger partial charge in [0.05, 0.1) is 11.1 Å². The highest BCUT2D eigenvalue weighted by Crippen LogP contribution is 2.26. The monoisotopic (exact) mass is 349 g/mol. The first-order valence-corrected chi connectivity index (χ1v) is 9.14. The first-order valence-electron chi connectivity index (χ1n) is 9.14. The maximum absolute atomic E-state index is 12.5. The number of rotatable bonds is 4. The summed E-state index contributed by atoms with van der Waals surface area (Å²) >= 11 is 0. The van der Waals surface area contributed by atoms with Crippen molar-refractivity contribution >= 4 is 17.5 Å². The molecule has 0 spiro atoms. The Labute approximate surface area is 153 Å². The van der Waals surface area contributed by atoms with Crippen molar-refractivity contribution in [3.05, 3.63) is 65.2 Å². The number of nitrogens with zero attached hydrogens (tertiary/aromatic N) is 2. The number of imide groups is 1. The molecule has 0 bridgehead atoms. The predicted octanol–water partition coefficient (Wildman–Crippen LogP) is 2.78. The number of anilines is 1. The summed E-state index contributed by atoms with van der Waals surface area (Å²) in [4.78, 5) is 28.9. The van der Waals surface area contributed by atoms with E-state index in [2.05, 4.69) is 17.0 Å². The second kappa shape index (κ2) is 6.92. The van der Waals surface area contributed by atoms with E-state index in [0.29, 0.717) is 23.6 Å². The summed E-state index contributed by atoms with van der Waals surface area (Å²) in [6.45, 7) is 3.42. The second-order valence-corrected chi connectivity index (χ2v) is 7.23. The Morgan fingerprint density at radius 2 is 1.46 bits per heavy atom. The molecule has 2 aromatic rings. The number of fused-ring (bicyclic) bond motifs is 1. The minimum Gasteiger partial charge on any atom is -0.399 e. The molecule has 1 fully saturated rings. The second-order valence-electron chi connectivity index (χ2n) is 7.23. The van der Waals surface area contributed by atoms with E-state index in [1.54, 1.807) is 12.1 Å². The molecule has 0 atom stereocenters. The predicted molar refractivity (Wildman–Crippen MR) is 101 cm³/mol. The summed E-state index contributed by atoms with van der Waals surface area (Å²) in [5.41, 5.74) is 8.86. The Morgan fingerprint density at radius 3 is 2.04 bits per heavy atom. The van der Waals surface area contributed by atoms with Gasteiger partial charge in [-0.3, -0.25) is 19.4 Å². The van der Waals surface area contributed by atoms with E-state index < -0.39 is 0 Å². The van der Waals surface area contributed by atoms with Gasteiger partial charge in [0.25, 0.3) is 11.8 Å². The summed E-state index contributed by atoms with van der Waals surface area (Å²) in [5.74, 6) is 0.0877. The Kier molecular flexibility index (Phi) is 4.47. The maximum Gasteiger partial charge on any atom is 0.261 e. The van der Waals surface area contributed by atoms with Crippen LogP contribution in [0.1, 0.15) is 39.1 Å². The molecular formula is C21H23N3O2. The van der Waals surface area contributed by atoms with Crippen molar-refractivity contribution in [3.8, 4) is 0 Å². The van der Waals surface area contributed by atoms with Crippen LogP contribution in [-0.4, -0.2) is 41.2 Å². The number of hydrogen-bond acceptors (Lipinski definition) is 4. The van der Waals surface area contributed by atoms with Crippen molar-refractivity contribution in [2.45, 2.75) is 19.4 Å². The molecule has 2 heterocycles. The van der Waals surface area contributed by atoms with Crippen LogP contribution in [0.25, 0.3) is 0 Å². The molecule has 134 valence electrons. The zero-order valence-corrected chi connectivity index (χ0v) is 14.7. The first-order chi connectivity index (χ1) is 12.6. The molecule has 2 aromatic carbocycles. The molecule has 0 radical (unpaired) electrons. The molecule has 4 rings (SSSR count). The molecule has 1 saturated heterocycles. The van der Waals surface area contributed by atoms with Gasteiger partial charge in [-0.1, -0.05) is 24.3 Å². The number of piperidine rings is 1. The summed E-state index contributed by atoms with van der Waals surface area (Å²) in [7, 11) is 0. The molecule has 0 unspecified atom stereocenters. The van der Waals surface area contributed by atoms with E-state index in [-0.39, 0.29) is 11.8 Å². The lowest BCUT2D eigenvalue weighted by molar-refractivity contribution is 0.0596. The molecule has 0 saturated carbocycles. The van der Waals surface area contributed by atoms with Crippen LogP contribution in [0.15, 0.2) is 48.5 Å². The number of carbonyl (C=O) groups is 2. The number of benzene rings is 2. The number of nitrogen functional groups attached to an aromatic ring is 1. The average molecular weight is 349 g/mol. The molecule has 0 aromatic heterocycles. The zero-order chi connectivity index (χ0) is 18.1. The average Bonchev–Trinajstić information content (AvgIpc) is 2.90. The molecule has 2 aliphatic heterocycles. The third-order valence-corrected chi connectivity index (χ3v) is 5.41. The van der Waals surface area contributed by atoms with Crippen molar-refractivity contribution in [1.29, 1.82) is 0 Å². The summed E-state index contributed by atoms with van der Waals surface area (Å²) in [6.07, 6.45) is 2.00. The molecule has 0 aliphatic carbocycles. The van der Waals surface area contributed by atoms with Crippen LogP contribution in [0.3, 0.4) is 0 Å². The topological polar surface area (TPSA) is 66.6 Å². The molecule has 5 heteroatoms. The van der Waals surface area contributed by atoms with Crippen LogP contribution in [0.5, 0.6) is 0 Å². The van der Waals surface area contributed by atoms with Crippen LogP contribution in [0, 0.1) is 5.92 Å². The van der Waals surface area contributed by atoms with Gasteiger partial charge in [-0.25, -0.2) is 0 Å². The van der Waals surface area contributed by atoms with Crippen LogP contribution >= 0.6 is 0 Å². The number of carbonyl (C=O) groups excluding carboxylic acids is 2. The quantitative estimate of drug-likeness (QED) is 0.681. The molecule has 26 heavy (non-hydrogen) atoms. The minimum atomic E-state index is -0.144. The van der Waals surface area contributed by atoms with Crippen LogP contribution in [-0.2, 0) is 6.54 Å². The van der Waals surface area contributed by atoms with Crippen molar-refractivity contribution in [1.82, 2.24) is 9.80 Å². The van der Waals surface area contributed by atoms with Crippen molar-refractivity contribution in [2.24, 2.45) is 5.92 Å². The molecule has 2 aliphatic rings. The number of hydrogen-bond donors (Lipinski definition) is 1.